The number of furan rings is 1. The number of hydrogen-bond acceptors (Lipinski definition) is 3. The van der Waals surface area contributed by atoms with Crippen molar-refractivity contribution in [2.24, 2.45) is 0 Å². The van der Waals surface area contributed by atoms with Crippen LogP contribution in [0.15, 0.2) is 77.7 Å². The molecule has 1 atom stereocenters. The molecule has 4 aromatic rings. The molecule has 4 heteroatoms. The lowest BCUT2D eigenvalue weighted by Crippen LogP contribution is -2.23. The maximum absolute atomic E-state index is 16.4. The summed E-state index contributed by atoms with van der Waals surface area (Å²) in [6.45, 7) is 1.97. The number of nitrogens with zero attached hydrogens (tertiary/aromatic N) is 2. The quantitative estimate of drug-likeness (QED) is 0.545. The van der Waals surface area contributed by atoms with Gasteiger partial charge in [0.1, 0.15) is 11.9 Å². The van der Waals surface area contributed by atoms with E-state index < -0.39 is 5.67 Å². The minimum atomic E-state index is -1.95. The largest absolute Gasteiger partial charge is 0.457 e. The lowest BCUT2D eigenvalue weighted by atomic mass is 9.87. The summed E-state index contributed by atoms with van der Waals surface area (Å²) in [4.78, 5) is 7.96. The third kappa shape index (κ3) is 2.27. The first kappa shape index (κ1) is 14.6. The molecule has 0 radical (unpaired) electrons. The van der Waals surface area contributed by atoms with Crippen molar-refractivity contribution in [3.63, 3.8) is 0 Å². The summed E-state index contributed by atoms with van der Waals surface area (Å²) in [6.07, 6.45) is 4.36. The van der Waals surface area contributed by atoms with Crippen LogP contribution < -0.4 is 0 Å². The minimum Gasteiger partial charge on any atom is -0.457 e. The summed E-state index contributed by atoms with van der Waals surface area (Å²) in [5.41, 5.74) is 0.594. The van der Waals surface area contributed by atoms with Gasteiger partial charge in [-0.3, -0.25) is 0 Å². The average molecular weight is 318 g/mol. The van der Waals surface area contributed by atoms with E-state index in [1.165, 1.54) is 18.7 Å². The van der Waals surface area contributed by atoms with E-state index in [4.69, 9.17) is 4.42 Å². The normalized spacial score (nSPS) is 13.8. The SMILES string of the molecule is Cc1ccc(C(F)(c2cncnc2)c2cc3ccccc3o2)cc1. The van der Waals surface area contributed by atoms with Crippen molar-refractivity contribution < 1.29 is 8.81 Å². The van der Waals surface area contributed by atoms with Crippen LogP contribution in [-0.2, 0) is 5.67 Å². The molecule has 0 spiro atoms. The molecule has 2 aromatic heterocycles. The highest BCUT2D eigenvalue weighted by molar-refractivity contribution is 5.78. The first-order chi connectivity index (χ1) is 11.7. The molecule has 0 bridgehead atoms. The smallest absolute Gasteiger partial charge is 0.221 e. The molecule has 0 aliphatic heterocycles. The Morgan fingerprint density at radius 3 is 2.33 bits per heavy atom. The van der Waals surface area contributed by atoms with Gasteiger partial charge in [-0.1, -0.05) is 48.0 Å². The standard InChI is InChI=1S/C20H15FN2O/c1-14-6-8-16(9-7-14)20(21,17-11-22-13-23-12-17)19-10-15-4-2-3-5-18(15)24-19/h2-13H,1H3. The minimum absolute atomic E-state index is 0.224. The van der Waals surface area contributed by atoms with Gasteiger partial charge in [-0.05, 0) is 19.1 Å². The molecule has 4 rings (SSSR count). The molecular weight excluding hydrogens is 303 g/mol. The number of aromatic nitrogens is 2. The number of halogens is 1. The molecule has 2 aromatic carbocycles. The van der Waals surface area contributed by atoms with Crippen LogP contribution in [0.25, 0.3) is 11.0 Å². The van der Waals surface area contributed by atoms with Crippen molar-refractivity contribution in [1.82, 2.24) is 9.97 Å². The predicted octanol–water partition coefficient (Wildman–Crippen LogP) is 4.79. The van der Waals surface area contributed by atoms with Gasteiger partial charge in [0.15, 0.2) is 5.76 Å². The number of para-hydroxylation sites is 1. The summed E-state index contributed by atoms with van der Waals surface area (Å²) in [5, 5.41) is 0.860. The summed E-state index contributed by atoms with van der Waals surface area (Å²) in [6, 6.07) is 16.6. The maximum atomic E-state index is 16.4. The molecule has 0 aliphatic carbocycles. The Kier molecular flexibility index (Phi) is 3.38. The van der Waals surface area contributed by atoms with E-state index in [0.29, 0.717) is 16.7 Å². The Balaban J connectivity index is 1.98. The predicted molar refractivity (Wildman–Crippen MR) is 90.4 cm³/mol. The van der Waals surface area contributed by atoms with Crippen LogP contribution in [0.5, 0.6) is 0 Å². The number of rotatable bonds is 3. The third-order valence-electron chi connectivity index (χ3n) is 4.17. The molecule has 0 N–H and O–H groups in total. The zero-order valence-electron chi connectivity index (χ0n) is 13.1. The summed E-state index contributed by atoms with van der Waals surface area (Å²) in [5.74, 6) is 0.224. The summed E-state index contributed by atoms with van der Waals surface area (Å²) >= 11 is 0. The van der Waals surface area contributed by atoms with Gasteiger partial charge in [-0.15, -0.1) is 0 Å². The van der Waals surface area contributed by atoms with E-state index in [9.17, 15) is 0 Å². The van der Waals surface area contributed by atoms with Crippen LogP contribution in [-0.4, -0.2) is 9.97 Å². The second kappa shape index (κ2) is 5.57. The molecule has 0 saturated carbocycles. The van der Waals surface area contributed by atoms with Gasteiger partial charge in [0.2, 0.25) is 5.67 Å². The van der Waals surface area contributed by atoms with E-state index >= 15 is 4.39 Å². The monoisotopic (exact) mass is 318 g/mol. The lowest BCUT2D eigenvalue weighted by molar-refractivity contribution is 0.235. The first-order valence-corrected chi connectivity index (χ1v) is 7.68. The second-order valence-corrected chi connectivity index (χ2v) is 5.80. The van der Waals surface area contributed by atoms with Crippen LogP contribution in [0.2, 0.25) is 0 Å². The van der Waals surface area contributed by atoms with E-state index in [0.717, 1.165) is 10.9 Å². The Bertz CT molecular complexity index is 946. The van der Waals surface area contributed by atoms with Gasteiger partial charge in [0.25, 0.3) is 0 Å². The molecule has 0 saturated heterocycles. The van der Waals surface area contributed by atoms with Gasteiger partial charge in [0.05, 0.1) is 0 Å². The molecule has 2 heterocycles. The van der Waals surface area contributed by atoms with Gasteiger partial charge >= 0.3 is 0 Å². The van der Waals surface area contributed by atoms with E-state index in [-0.39, 0.29) is 5.76 Å². The molecule has 0 fully saturated rings. The average Bonchev–Trinajstić information content (AvgIpc) is 3.07. The van der Waals surface area contributed by atoms with Crippen LogP contribution in [0.4, 0.5) is 4.39 Å². The highest BCUT2D eigenvalue weighted by Gasteiger charge is 2.40. The number of hydrogen-bond donors (Lipinski definition) is 0. The Morgan fingerprint density at radius 1 is 0.917 bits per heavy atom. The van der Waals surface area contributed by atoms with Gasteiger partial charge in [0, 0.05) is 28.9 Å². The topological polar surface area (TPSA) is 38.9 Å². The van der Waals surface area contributed by atoms with Gasteiger partial charge in [-0.2, -0.15) is 0 Å². The molecule has 0 aliphatic rings. The number of benzene rings is 2. The Labute approximate surface area is 138 Å². The lowest BCUT2D eigenvalue weighted by Gasteiger charge is -2.23. The third-order valence-corrected chi connectivity index (χ3v) is 4.17. The highest BCUT2D eigenvalue weighted by Crippen LogP contribution is 2.42. The Hall–Kier alpha value is -3.01. The Morgan fingerprint density at radius 2 is 1.62 bits per heavy atom. The van der Waals surface area contributed by atoms with Crippen molar-refractivity contribution in [3.05, 3.63) is 95.8 Å². The number of alkyl halides is 1. The van der Waals surface area contributed by atoms with E-state index in [1.807, 2.05) is 43.3 Å². The fraction of sp³-hybridized carbons (Fsp3) is 0.100. The van der Waals surface area contributed by atoms with Crippen LogP contribution in [0, 0.1) is 6.92 Å². The fourth-order valence-electron chi connectivity index (χ4n) is 2.86. The molecular formula is C20H15FN2O. The van der Waals surface area contributed by atoms with Crippen molar-refractivity contribution >= 4 is 11.0 Å². The number of aryl methyl sites for hydroxylation is 1. The highest BCUT2D eigenvalue weighted by atomic mass is 19.1. The molecule has 24 heavy (non-hydrogen) atoms. The first-order valence-electron chi connectivity index (χ1n) is 7.68. The van der Waals surface area contributed by atoms with Crippen molar-refractivity contribution in [2.45, 2.75) is 12.6 Å². The molecule has 0 amide bonds. The van der Waals surface area contributed by atoms with E-state index in [1.54, 1.807) is 18.2 Å². The second-order valence-electron chi connectivity index (χ2n) is 5.80. The summed E-state index contributed by atoms with van der Waals surface area (Å²) < 4.78 is 22.2. The molecule has 118 valence electrons. The fourth-order valence-corrected chi connectivity index (χ4v) is 2.86. The van der Waals surface area contributed by atoms with Crippen LogP contribution in [0.3, 0.4) is 0 Å². The zero-order chi connectivity index (χ0) is 16.6. The molecule has 1 unspecified atom stereocenters. The summed E-state index contributed by atoms with van der Waals surface area (Å²) in [7, 11) is 0. The van der Waals surface area contributed by atoms with Gasteiger partial charge in [-0.25, -0.2) is 14.4 Å². The van der Waals surface area contributed by atoms with E-state index in [2.05, 4.69) is 9.97 Å². The van der Waals surface area contributed by atoms with Gasteiger partial charge < -0.3 is 4.42 Å². The maximum Gasteiger partial charge on any atom is 0.221 e. The molecule has 3 nitrogen and oxygen atoms in total. The van der Waals surface area contributed by atoms with Crippen molar-refractivity contribution in [3.8, 4) is 0 Å². The van der Waals surface area contributed by atoms with Crippen LogP contribution in [0.1, 0.15) is 22.5 Å². The van der Waals surface area contributed by atoms with Crippen molar-refractivity contribution in [1.29, 1.82) is 0 Å². The number of fused-ring (bicyclic) bond motifs is 1. The van der Waals surface area contributed by atoms with Crippen molar-refractivity contribution in [2.75, 3.05) is 0 Å². The zero-order valence-corrected chi connectivity index (χ0v) is 13.1. The van der Waals surface area contributed by atoms with Crippen LogP contribution >= 0.6 is 0 Å².